The predicted octanol–water partition coefficient (Wildman–Crippen LogP) is 15.0. The van der Waals surface area contributed by atoms with E-state index in [1.54, 1.807) is 267 Å². The van der Waals surface area contributed by atoms with Gasteiger partial charge in [-0.05, 0) is 126 Å². The second-order valence-corrected chi connectivity index (χ2v) is 34.0. The molecule has 0 amide bonds. The number of benzene rings is 12. The van der Waals surface area contributed by atoms with Crippen molar-refractivity contribution in [1.82, 2.24) is 0 Å². The van der Waals surface area contributed by atoms with E-state index in [1.807, 2.05) is 0 Å². The van der Waals surface area contributed by atoms with Gasteiger partial charge in [0.15, 0.2) is 55.7 Å². The summed E-state index contributed by atoms with van der Waals surface area (Å²) < 4.78 is 138. The maximum Gasteiger partial charge on any atom is 0.338 e. The maximum absolute atomic E-state index is 16.1. The number of hydrogen-bond acceptors (Lipinski definition) is 31. The molecule has 0 saturated carbocycles. The number of aliphatic hydroxyl groups is 1. The first kappa shape index (κ1) is 102. The molecule has 20 atom stereocenters. The second-order valence-electron chi connectivity index (χ2n) is 34.0. The molecule has 4 fully saturated rings. The molecule has 12 aromatic carbocycles. The lowest BCUT2D eigenvalue weighted by atomic mass is 9.96. The molecule has 0 spiro atoms. The van der Waals surface area contributed by atoms with Crippen molar-refractivity contribution < 1.29 is 148 Å². The van der Waals surface area contributed by atoms with Gasteiger partial charge in [0, 0.05) is 6.42 Å². The minimum absolute atomic E-state index is 0.00318. The van der Waals surface area contributed by atoms with Crippen LogP contribution < -0.4 is 0 Å². The summed E-state index contributed by atoms with van der Waals surface area (Å²) in [6, 6.07) is 97.5. The van der Waals surface area contributed by atoms with Crippen LogP contribution in [0.5, 0.6) is 0 Å². The smallest absolute Gasteiger partial charge is 0.338 e. The van der Waals surface area contributed by atoms with E-state index in [0.29, 0.717) is 22.3 Å². The number of carbonyl (C=O) groups excluding carboxylic acids is 10. The van der Waals surface area contributed by atoms with Gasteiger partial charge in [-0.3, -0.25) is 4.79 Å². The Hall–Kier alpha value is -14.9. The number of rotatable bonds is 44. The fraction of sp³-hybridized carbons (Fsp3) is 0.274. The summed E-state index contributed by atoms with van der Waals surface area (Å²) in [6.45, 7) is -3.23. The zero-order valence-electron chi connectivity index (χ0n) is 78.0. The third-order valence-electron chi connectivity index (χ3n) is 23.9. The van der Waals surface area contributed by atoms with Crippen LogP contribution in [0.15, 0.2) is 364 Å². The summed E-state index contributed by atoms with van der Waals surface area (Å²) in [4.78, 5) is 148. The van der Waals surface area contributed by atoms with E-state index in [-0.39, 0.29) is 76.5 Å². The summed E-state index contributed by atoms with van der Waals surface area (Å²) in [5, 5.41) is 12.7. The van der Waals surface area contributed by atoms with Gasteiger partial charge in [-0.2, -0.15) is 0 Å². The third kappa shape index (κ3) is 27.7. The van der Waals surface area contributed by atoms with Gasteiger partial charge in [0.2, 0.25) is 0 Å². The number of carbonyl (C=O) groups is 10. The van der Waals surface area contributed by atoms with Gasteiger partial charge in [0.25, 0.3) is 0 Å². The first-order valence-corrected chi connectivity index (χ1v) is 46.9. The molecule has 4 aliphatic heterocycles. The molecule has 0 aromatic heterocycles. The first-order valence-electron chi connectivity index (χ1n) is 46.9. The van der Waals surface area contributed by atoms with E-state index in [0.717, 1.165) is 0 Å². The summed E-state index contributed by atoms with van der Waals surface area (Å²) in [7, 11) is 0. The number of Topliss-reactive ketones (excluding diaryl/α,β-unsaturated/α-hetero) is 1. The molecular formula is C113H104O31. The van der Waals surface area contributed by atoms with Gasteiger partial charge in [-0.25, -0.2) is 38.4 Å². The predicted molar refractivity (Wildman–Crippen MR) is 511 cm³/mol. The van der Waals surface area contributed by atoms with Gasteiger partial charge in [-0.15, -0.1) is 0 Å². The van der Waals surface area contributed by atoms with E-state index in [4.69, 9.17) is 94.7 Å². The zero-order valence-corrected chi connectivity index (χ0v) is 78.0. The lowest BCUT2D eigenvalue weighted by Gasteiger charge is -2.47. The Bertz CT molecular complexity index is 6140. The first-order chi connectivity index (χ1) is 70.4. The minimum atomic E-state index is -2.25. The number of aliphatic hydroxyl groups excluding tert-OH is 1. The molecule has 1 N–H and O–H groups in total. The highest BCUT2D eigenvalue weighted by atomic mass is 16.8. The average molecular weight is 1960 g/mol. The monoisotopic (exact) mass is 1960 g/mol. The minimum Gasteiger partial charge on any atom is -0.459 e. The van der Waals surface area contributed by atoms with E-state index >= 15 is 9.59 Å². The van der Waals surface area contributed by atoms with Crippen molar-refractivity contribution in [2.24, 2.45) is 0 Å². The SMILES string of the molecule is CC(=O)CCC(=O)OC1C(OCc2ccccc2)[C@@H](OC2C(OC(=O)c3ccccc3)[C@H](OC3C(OCc4ccccc4)[C@@H](OC4C(OC(=O)c5ccccc5)[C@H](O)O[C@H]4[C@@H](COC(=O)c4ccccc4)OC(=O)c4ccccc4)OC(COC(=O)c4ccccc4)[C@@H]3OCc3ccccc3)O[C@H]2[C@@H](COC(=O)c2ccccc2)OC(=O)c2ccccc2)OC(COC(=O)c2ccccc2)[C@@H]1OCc1ccccc1. The van der Waals surface area contributed by atoms with Gasteiger partial charge in [0.05, 0.1) is 77.4 Å². The molecule has 31 heteroatoms. The molecule has 31 nitrogen and oxygen atoms in total. The average Bonchev–Trinajstić information content (AvgIpc) is 1.60. The van der Waals surface area contributed by atoms with Gasteiger partial charge < -0.3 is 105 Å². The molecule has 4 heterocycles. The number of hydrogen-bond donors (Lipinski definition) is 1. The van der Waals surface area contributed by atoms with Crippen LogP contribution in [0.2, 0.25) is 0 Å². The Balaban J connectivity index is 0.901. The molecule has 4 saturated heterocycles. The van der Waals surface area contributed by atoms with Crippen molar-refractivity contribution >= 4 is 59.5 Å². The van der Waals surface area contributed by atoms with Crippen molar-refractivity contribution in [3.8, 4) is 0 Å². The van der Waals surface area contributed by atoms with Crippen molar-refractivity contribution in [2.75, 3.05) is 26.4 Å². The fourth-order valence-electron chi connectivity index (χ4n) is 16.6. The molecule has 0 aliphatic carbocycles. The highest BCUT2D eigenvalue weighted by molar-refractivity contribution is 5.93. The van der Waals surface area contributed by atoms with Crippen LogP contribution in [0.4, 0.5) is 0 Å². The fourth-order valence-corrected chi connectivity index (χ4v) is 16.6. The standard InChI is InChI=1S/C113H104O31/c1-72(114)62-63-89(115)137-94-90(125-64-73-38-14-2-15-39-73)85(68-129-102(116)77-46-22-6-23-47-77)135-111(99(94)127-66-75-42-18-4-19-43-75)144-97-93(88(134-107(121)82-56-32-11-33-57-82)71-132-105(119)80-52-28-9-29-53-80)141-113(101(97)140-109(123)84-60-36-13-37-61-84)142-95-91(126-65-74-40-16-3-17-41-74)86(69-130-103(117)78-48-24-7-25-49-78)136-112(100(95)128-67-76-44-20-5-21-45-76)143-96-92(138-110(124)98(96)139-108(122)83-58-34-12-35-59-83)87(133-106(120)81-54-30-10-31-55-81)70-131-104(118)79-50-26-8-27-51-79/h2-61,85-88,90-101,110-113,124H,62-71H2,1H3/t85?,86?,87-,88-,90+,91+,92+,93+,94?,95?,96?,97?,98?,99?,100?,101?,110-,111-,112-,113+/m1/s1. The molecule has 12 aromatic rings. The van der Waals surface area contributed by atoms with Crippen molar-refractivity contribution in [3.63, 3.8) is 0 Å². The Morgan fingerprint density at radius 3 is 0.861 bits per heavy atom. The molecular weight excluding hydrogens is 1850 g/mol. The molecule has 10 unspecified atom stereocenters. The number of ether oxygens (including phenoxy) is 20. The topological polar surface area (TPSA) is 376 Å². The van der Waals surface area contributed by atoms with Crippen LogP contribution in [0.3, 0.4) is 0 Å². The van der Waals surface area contributed by atoms with Crippen LogP contribution in [-0.2, 0) is 131 Å². The number of esters is 9. The Labute approximate surface area is 829 Å². The molecule has 144 heavy (non-hydrogen) atoms. The quantitative estimate of drug-likeness (QED) is 0.0274. The van der Waals surface area contributed by atoms with E-state index < -0.39 is 216 Å². The lowest BCUT2D eigenvalue weighted by molar-refractivity contribution is -0.356. The lowest BCUT2D eigenvalue weighted by Crippen LogP contribution is -2.64. The summed E-state index contributed by atoms with van der Waals surface area (Å²) in [6.07, 6.45) is -39.3. The van der Waals surface area contributed by atoms with Crippen molar-refractivity contribution in [3.05, 3.63) is 431 Å². The van der Waals surface area contributed by atoms with E-state index in [2.05, 4.69) is 0 Å². The third-order valence-corrected chi connectivity index (χ3v) is 23.9. The highest BCUT2D eigenvalue weighted by Gasteiger charge is 2.62. The van der Waals surface area contributed by atoms with Gasteiger partial charge >= 0.3 is 53.7 Å². The summed E-state index contributed by atoms with van der Waals surface area (Å²) in [5.41, 5.74) is 2.33. The molecule has 0 bridgehead atoms. The molecule has 742 valence electrons. The second kappa shape index (κ2) is 51.1. The van der Waals surface area contributed by atoms with Crippen LogP contribution in [0.1, 0.15) is 125 Å². The maximum atomic E-state index is 16.1. The zero-order chi connectivity index (χ0) is 99.9. The Morgan fingerprint density at radius 1 is 0.257 bits per heavy atom. The highest BCUT2D eigenvalue weighted by Crippen LogP contribution is 2.43. The van der Waals surface area contributed by atoms with Crippen LogP contribution in [-0.4, -0.2) is 214 Å². The molecule has 4 aliphatic rings. The van der Waals surface area contributed by atoms with Gasteiger partial charge in [0.1, 0.15) is 99.4 Å². The Morgan fingerprint density at radius 2 is 0.521 bits per heavy atom. The normalized spacial score (nSPS) is 23.1. The Kier molecular flexibility index (Phi) is 36.2. The van der Waals surface area contributed by atoms with Crippen LogP contribution >= 0.6 is 0 Å². The van der Waals surface area contributed by atoms with Crippen molar-refractivity contribution in [2.45, 2.75) is 169 Å². The van der Waals surface area contributed by atoms with Gasteiger partial charge in [-0.1, -0.05) is 267 Å². The van der Waals surface area contributed by atoms with Crippen molar-refractivity contribution in [1.29, 1.82) is 0 Å². The molecule has 16 rings (SSSR count). The molecule has 0 radical (unpaired) electrons. The van der Waals surface area contributed by atoms with Crippen LogP contribution in [0, 0.1) is 0 Å². The van der Waals surface area contributed by atoms with E-state index in [9.17, 15) is 43.5 Å². The summed E-state index contributed by atoms with van der Waals surface area (Å²) in [5.74, 6) is -9.07. The summed E-state index contributed by atoms with van der Waals surface area (Å²) >= 11 is 0. The van der Waals surface area contributed by atoms with E-state index in [1.165, 1.54) is 104 Å². The van der Waals surface area contributed by atoms with Crippen LogP contribution in [0.25, 0.3) is 0 Å². The number of ketones is 1. The largest absolute Gasteiger partial charge is 0.459 e.